The molecule has 1 aromatic carbocycles. The molecule has 0 heterocycles. The molecule has 0 aromatic heterocycles. The molecular formula is C12H18N2O2. The lowest BCUT2D eigenvalue weighted by Crippen LogP contribution is -2.31. The number of rotatable bonds is 4. The van der Waals surface area contributed by atoms with Crippen molar-refractivity contribution in [1.29, 1.82) is 0 Å². The van der Waals surface area contributed by atoms with Crippen molar-refractivity contribution in [3.8, 4) is 5.75 Å². The standard InChI is InChI=1S/C12H18N2O2/c1-4-9-14(2)12(15)13-10-7-5-6-8-11(10)16-3/h5-8H,4,9H2,1-3H3,(H,13,15). The van der Waals surface area contributed by atoms with Gasteiger partial charge in [0.15, 0.2) is 0 Å². The topological polar surface area (TPSA) is 41.6 Å². The van der Waals surface area contributed by atoms with Crippen LogP contribution in [0.1, 0.15) is 13.3 Å². The molecule has 1 N–H and O–H groups in total. The molecular weight excluding hydrogens is 204 g/mol. The van der Waals surface area contributed by atoms with Crippen LogP contribution in [-0.2, 0) is 0 Å². The molecule has 0 saturated heterocycles. The number of carbonyl (C=O) groups is 1. The number of amides is 2. The van der Waals surface area contributed by atoms with E-state index in [1.165, 1.54) is 0 Å². The second-order valence-corrected chi connectivity index (χ2v) is 3.55. The van der Waals surface area contributed by atoms with Crippen LogP contribution in [0.25, 0.3) is 0 Å². The highest BCUT2D eigenvalue weighted by molar-refractivity contribution is 5.90. The molecule has 16 heavy (non-hydrogen) atoms. The third-order valence-electron chi connectivity index (χ3n) is 2.25. The Morgan fingerprint density at radius 1 is 1.44 bits per heavy atom. The Balaban J connectivity index is 2.69. The quantitative estimate of drug-likeness (QED) is 0.850. The summed E-state index contributed by atoms with van der Waals surface area (Å²) < 4.78 is 5.15. The summed E-state index contributed by atoms with van der Waals surface area (Å²) in [6, 6.07) is 7.24. The number of benzene rings is 1. The fraction of sp³-hybridized carbons (Fsp3) is 0.417. The molecule has 0 spiro atoms. The number of anilines is 1. The Hall–Kier alpha value is -1.71. The zero-order valence-corrected chi connectivity index (χ0v) is 9.99. The summed E-state index contributed by atoms with van der Waals surface area (Å²) in [7, 11) is 3.36. The SMILES string of the molecule is CCCN(C)C(=O)Nc1ccccc1OC. The first-order valence-electron chi connectivity index (χ1n) is 5.34. The van der Waals surface area contributed by atoms with Crippen molar-refractivity contribution in [1.82, 2.24) is 4.90 Å². The van der Waals surface area contributed by atoms with Gasteiger partial charge in [0.25, 0.3) is 0 Å². The summed E-state index contributed by atoms with van der Waals surface area (Å²) in [6.07, 6.45) is 0.940. The van der Waals surface area contributed by atoms with Gasteiger partial charge < -0.3 is 15.0 Å². The fourth-order valence-corrected chi connectivity index (χ4v) is 1.40. The Morgan fingerprint density at radius 2 is 2.12 bits per heavy atom. The van der Waals surface area contributed by atoms with E-state index in [1.807, 2.05) is 31.2 Å². The van der Waals surface area contributed by atoms with Crippen molar-refractivity contribution >= 4 is 11.7 Å². The normalized spacial score (nSPS) is 9.69. The molecule has 0 saturated carbocycles. The monoisotopic (exact) mass is 222 g/mol. The van der Waals surface area contributed by atoms with Crippen LogP contribution in [-0.4, -0.2) is 31.6 Å². The molecule has 0 bridgehead atoms. The number of nitrogens with one attached hydrogen (secondary N) is 1. The summed E-state index contributed by atoms with van der Waals surface area (Å²) >= 11 is 0. The van der Waals surface area contributed by atoms with E-state index in [2.05, 4.69) is 5.32 Å². The minimum absolute atomic E-state index is 0.119. The molecule has 0 fully saturated rings. The summed E-state index contributed by atoms with van der Waals surface area (Å²) in [5.41, 5.74) is 0.693. The van der Waals surface area contributed by atoms with Crippen LogP contribution in [0, 0.1) is 0 Å². The van der Waals surface area contributed by atoms with Gasteiger partial charge in [-0.3, -0.25) is 0 Å². The van der Waals surface area contributed by atoms with Gasteiger partial charge in [0.2, 0.25) is 0 Å². The van der Waals surface area contributed by atoms with E-state index in [-0.39, 0.29) is 6.03 Å². The third-order valence-corrected chi connectivity index (χ3v) is 2.25. The number of hydrogen-bond donors (Lipinski definition) is 1. The van der Waals surface area contributed by atoms with Crippen LogP contribution in [0.15, 0.2) is 24.3 Å². The number of carbonyl (C=O) groups excluding carboxylic acids is 1. The fourth-order valence-electron chi connectivity index (χ4n) is 1.40. The van der Waals surface area contributed by atoms with Gasteiger partial charge in [0.1, 0.15) is 5.75 Å². The summed E-state index contributed by atoms with van der Waals surface area (Å²) in [6.45, 7) is 2.77. The Kier molecular flexibility index (Phi) is 4.64. The maximum absolute atomic E-state index is 11.7. The van der Waals surface area contributed by atoms with E-state index >= 15 is 0 Å². The van der Waals surface area contributed by atoms with E-state index < -0.39 is 0 Å². The van der Waals surface area contributed by atoms with Crippen molar-refractivity contribution in [2.24, 2.45) is 0 Å². The summed E-state index contributed by atoms with van der Waals surface area (Å²) in [5.74, 6) is 0.667. The first-order chi connectivity index (χ1) is 7.69. The lowest BCUT2D eigenvalue weighted by Gasteiger charge is -2.18. The predicted octanol–water partition coefficient (Wildman–Crippen LogP) is 2.57. The molecule has 0 aliphatic rings. The van der Waals surface area contributed by atoms with Crippen molar-refractivity contribution in [3.05, 3.63) is 24.3 Å². The Morgan fingerprint density at radius 3 is 2.75 bits per heavy atom. The molecule has 0 radical (unpaired) electrons. The van der Waals surface area contributed by atoms with Crippen LogP contribution in [0.5, 0.6) is 5.75 Å². The maximum Gasteiger partial charge on any atom is 0.321 e. The van der Waals surface area contributed by atoms with E-state index in [4.69, 9.17) is 4.74 Å². The molecule has 0 aliphatic heterocycles. The van der Waals surface area contributed by atoms with Crippen LogP contribution >= 0.6 is 0 Å². The van der Waals surface area contributed by atoms with Gasteiger partial charge >= 0.3 is 6.03 Å². The minimum Gasteiger partial charge on any atom is -0.495 e. The minimum atomic E-state index is -0.119. The molecule has 4 nitrogen and oxygen atoms in total. The van der Waals surface area contributed by atoms with Gasteiger partial charge in [-0.25, -0.2) is 4.79 Å². The molecule has 0 aliphatic carbocycles. The van der Waals surface area contributed by atoms with E-state index in [0.717, 1.165) is 13.0 Å². The highest BCUT2D eigenvalue weighted by Gasteiger charge is 2.09. The second-order valence-electron chi connectivity index (χ2n) is 3.55. The van der Waals surface area contributed by atoms with Crippen LogP contribution in [0.3, 0.4) is 0 Å². The van der Waals surface area contributed by atoms with Crippen LogP contribution < -0.4 is 10.1 Å². The molecule has 4 heteroatoms. The second kappa shape index (κ2) is 6.00. The smallest absolute Gasteiger partial charge is 0.321 e. The highest BCUT2D eigenvalue weighted by atomic mass is 16.5. The Bertz CT molecular complexity index is 353. The van der Waals surface area contributed by atoms with E-state index in [0.29, 0.717) is 11.4 Å². The van der Waals surface area contributed by atoms with Gasteiger partial charge in [-0.15, -0.1) is 0 Å². The number of ether oxygens (including phenoxy) is 1. The molecule has 0 unspecified atom stereocenters. The lowest BCUT2D eigenvalue weighted by atomic mass is 10.3. The lowest BCUT2D eigenvalue weighted by molar-refractivity contribution is 0.222. The number of hydrogen-bond acceptors (Lipinski definition) is 2. The molecule has 2 amide bonds. The van der Waals surface area contributed by atoms with Gasteiger partial charge in [-0.1, -0.05) is 19.1 Å². The predicted molar refractivity (Wildman–Crippen MR) is 64.9 cm³/mol. The molecule has 1 aromatic rings. The van der Waals surface area contributed by atoms with E-state index in [9.17, 15) is 4.79 Å². The Labute approximate surface area is 96.2 Å². The highest BCUT2D eigenvalue weighted by Crippen LogP contribution is 2.23. The van der Waals surface area contributed by atoms with Gasteiger partial charge in [0.05, 0.1) is 12.8 Å². The van der Waals surface area contributed by atoms with Crippen LogP contribution in [0.4, 0.5) is 10.5 Å². The number of para-hydroxylation sites is 2. The zero-order valence-electron chi connectivity index (χ0n) is 9.99. The summed E-state index contributed by atoms with van der Waals surface area (Å²) in [5, 5.41) is 2.81. The first-order valence-corrected chi connectivity index (χ1v) is 5.34. The number of methoxy groups -OCH3 is 1. The van der Waals surface area contributed by atoms with Crippen LogP contribution in [0.2, 0.25) is 0 Å². The molecule has 88 valence electrons. The third kappa shape index (κ3) is 3.15. The number of urea groups is 1. The van der Waals surface area contributed by atoms with Crippen molar-refractivity contribution in [3.63, 3.8) is 0 Å². The van der Waals surface area contributed by atoms with Gasteiger partial charge in [-0.2, -0.15) is 0 Å². The van der Waals surface area contributed by atoms with Gasteiger partial charge in [0, 0.05) is 13.6 Å². The first kappa shape index (κ1) is 12.4. The van der Waals surface area contributed by atoms with Crippen molar-refractivity contribution in [2.45, 2.75) is 13.3 Å². The van der Waals surface area contributed by atoms with Gasteiger partial charge in [-0.05, 0) is 18.6 Å². The molecule has 0 atom stereocenters. The maximum atomic E-state index is 11.7. The van der Waals surface area contributed by atoms with Crippen molar-refractivity contribution < 1.29 is 9.53 Å². The largest absolute Gasteiger partial charge is 0.495 e. The molecule has 1 rings (SSSR count). The number of nitrogens with zero attached hydrogens (tertiary/aromatic N) is 1. The van der Waals surface area contributed by atoms with E-state index in [1.54, 1.807) is 19.1 Å². The average Bonchev–Trinajstić information content (AvgIpc) is 2.30. The zero-order chi connectivity index (χ0) is 12.0. The van der Waals surface area contributed by atoms with Crippen molar-refractivity contribution in [2.75, 3.05) is 26.0 Å². The summed E-state index contributed by atoms with van der Waals surface area (Å²) in [4.78, 5) is 13.4. The average molecular weight is 222 g/mol.